The molecular weight excluding hydrogens is 290 g/mol. The van der Waals surface area contributed by atoms with E-state index in [0.29, 0.717) is 10.8 Å². The van der Waals surface area contributed by atoms with Gasteiger partial charge in [0.05, 0.1) is 10.2 Å². The SMILES string of the molecule is N#Cc1ncn(CC(=O)Nc2nc3ccc(N)cc3s2)n1. The zero-order valence-corrected chi connectivity index (χ0v) is 11.5. The first-order valence-electron chi connectivity index (χ1n) is 5.89. The van der Waals surface area contributed by atoms with Crippen LogP contribution < -0.4 is 11.1 Å². The smallest absolute Gasteiger partial charge is 0.252 e. The number of hydrogen-bond acceptors (Lipinski definition) is 7. The highest BCUT2D eigenvalue weighted by Gasteiger charge is 2.10. The summed E-state index contributed by atoms with van der Waals surface area (Å²) in [4.78, 5) is 19.9. The number of fused-ring (bicyclic) bond motifs is 1. The van der Waals surface area contributed by atoms with Crippen molar-refractivity contribution in [1.29, 1.82) is 5.26 Å². The lowest BCUT2D eigenvalue weighted by Gasteiger charge is -2.00. The van der Waals surface area contributed by atoms with Crippen molar-refractivity contribution in [2.24, 2.45) is 0 Å². The molecule has 3 N–H and O–H groups in total. The quantitative estimate of drug-likeness (QED) is 0.695. The number of hydrogen-bond donors (Lipinski definition) is 2. The van der Waals surface area contributed by atoms with Crippen molar-refractivity contribution in [3.63, 3.8) is 0 Å². The Balaban J connectivity index is 1.72. The molecule has 0 saturated heterocycles. The second kappa shape index (κ2) is 5.18. The Kier molecular flexibility index (Phi) is 3.21. The lowest BCUT2D eigenvalue weighted by atomic mass is 10.3. The molecule has 0 unspecified atom stereocenters. The van der Waals surface area contributed by atoms with Crippen LogP contribution in [0.2, 0.25) is 0 Å². The standard InChI is InChI=1S/C12H9N7OS/c13-4-10-15-6-19(18-10)5-11(20)17-12-16-8-2-1-7(14)3-9(8)21-12/h1-3,6H,5,14H2,(H,16,17,20). The molecule has 0 spiro atoms. The van der Waals surface area contributed by atoms with E-state index >= 15 is 0 Å². The molecular formula is C12H9N7OS. The molecule has 21 heavy (non-hydrogen) atoms. The molecule has 1 amide bonds. The summed E-state index contributed by atoms with van der Waals surface area (Å²) in [6.45, 7) is -0.0350. The number of benzene rings is 1. The molecule has 0 aliphatic rings. The highest BCUT2D eigenvalue weighted by atomic mass is 32.1. The number of rotatable bonds is 3. The molecule has 0 aliphatic heterocycles. The third-order valence-electron chi connectivity index (χ3n) is 2.60. The number of thiazole rings is 1. The Labute approximate surface area is 122 Å². The van der Waals surface area contributed by atoms with Crippen LogP contribution in [0, 0.1) is 11.3 Å². The normalized spacial score (nSPS) is 10.4. The number of nitrogens with zero attached hydrogens (tertiary/aromatic N) is 5. The fourth-order valence-corrected chi connectivity index (χ4v) is 2.65. The molecule has 3 rings (SSSR count). The van der Waals surface area contributed by atoms with Gasteiger partial charge in [0.1, 0.15) is 18.9 Å². The number of carbonyl (C=O) groups is 1. The topological polar surface area (TPSA) is 123 Å². The summed E-state index contributed by atoms with van der Waals surface area (Å²) >= 11 is 1.34. The van der Waals surface area contributed by atoms with Crippen LogP contribution >= 0.6 is 11.3 Å². The Morgan fingerprint density at radius 1 is 1.52 bits per heavy atom. The molecule has 0 bridgehead atoms. The monoisotopic (exact) mass is 299 g/mol. The number of nitrogens with one attached hydrogen (secondary N) is 1. The van der Waals surface area contributed by atoms with Gasteiger partial charge in [-0.1, -0.05) is 11.3 Å². The molecule has 9 heteroatoms. The average Bonchev–Trinajstić information content (AvgIpc) is 3.04. The fraction of sp³-hybridized carbons (Fsp3) is 0.0833. The van der Waals surface area contributed by atoms with E-state index in [-0.39, 0.29) is 18.3 Å². The number of aromatic nitrogens is 4. The minimum absolute atomic E-state index is 0.0262. The van der Waals surface area contributed by atoms with E-state index in [1.807, 2.05) is 0 Å². The average molecular weight is 299 g/mol. The van der Waals surface area contributed by atoms with Gasteiger partial charge in [0.15, 0.2) is 5.13 Å². The molecule has 0 fully saturated rings. The highest BCUT2D eigenvalue weighted by Crippen LogP contribution is 2.27. The first kappa shape index (κ1) is 13.0. The van der Waals surface area contributed by atoms with Crippen LogP contribution in [0.1, 0.15) is 5.82 Å². The van der Waals surface area contributed by atoms with E-state index < -0.39 is 0 Å². The molecule has 0 atom stereocenters. The van der Waals surface area contributed by atoms with Crippen LogP contribution in [0.4, 0.5) is 10.8 Å². The Bertz CT molecular complexity index is 860. The van der Waals surface area contributed by atoms with Gasteiger partial charge in [-0.25, -0.2) is 14.6 Å². The van der Waals surface area contributed by atoms with Crippen LogP contribution in [-0.4, -0.2) is 25.7 Å². The van der Waals surface area contributed by atoms with Gasteiger partial charge in [-0.05, 0) is 18.2 Å². The number of carbonyl (C=O) groups excluding carboxylic acids is 1. The molecule has 0 aliphatic carbocycles. The zero-order valence-electron chi connectivity index (χ0n) is 10.6. The molecule has 2 aromatic heterocycles. The van der Waals surface area contributed by atoms with Crippen molar-refractivity contribution in [3.05, 3.63) is 30.4 Å². The van der Waals surface area contributed by atoms with Gasteiger partial charge in [-0.15, -0.1) is 5.10 Å². The summed E-state index contributed by atoms with van der Waals surface area (Å²) in [5, 5.41) is 15.6. The fourth-order valence-electron chi connectivity index (χ4n) is 1.72. The summed E-state index contributed by atoms with van der Waals surface area (Å²) in [7, 11) is 0. The largest absolute Gasteiger partial charge is 0.399 e. The van der Waals surface area contributed by atoms with Crippen molar-refractivity contribution >= 4 is 38.3 Å². The molecule has 2 heterocycles. The maximum atomic E-state index is 11.9. The molecule has 0 saturated carbocycles. The van der Waals surface area contributed by atoms with Crippen molar-refractivity contribution < 1.29 is 4.79 Å². The summed E-state index contributed by atoms with van der Waals surface area (Å²) in [6, 6.07) is 7.16. The van der Waals surface area contributed by atoms with Gasteiger partial charge in [0.25, 0.3) is 5.82 Å². The molecule has 8 nitrogen and oxygen atoms in total. The van der Waals surface area contributed by atoms with Crippen molar-refractivity contribution in [2.45, 2.75) is 6.54 Å². The first-order chi connectivity index (χ1) is 10.1. The van der Waals surface area contributed by atoms with E-state index in [0.717, 1.165) is 10.2 Å². The number of nitriles is 1. The Hall–Kier alpha value is -2.99. The van der Waals surface area contributed by atoms with Crippen molar-refractivity contribution in [3.8, 4) is 6.07 Å². The van der Waals surface area contributed by atoms with Crippen molar-refractivity contribution in [2.75, 3.05) is 11.1 Å². The maximum absolute atomic E-state index is 11.9. The third kappa shape index (κ3) is 2.80. The Morgan fingerprint density at radius 2 is 2.38 bits per heavy atom. The maximum Gasteiger partial charge on any atom is 0.252 e. The van der Waals surface area contributed by atoms with Crippen LogP contribution in [0.25, 0.3) is 10.2 Å². The minimum atomic E-state index is -0.295. The zero-order chi connectivity index (χ0) is 14.8. The highest BCUT2D eigenvalue weighted by molar-refractivity contribution is 7.22. The predicted molar refractivity (Wildman–Crippen MR) is 77.4 cm³/mol. The third-order valence-corrected chi connectivity index (χ3v) is 3.53. The second-order valence-corrected chi connectivity index (χ2v) is 5.20. The Morgan fingerprint density at radius 3 is 3.14 bits per heavy atom. The lowest BCUT2D eigenvalue weighted by molar-refractivity contribution is -0.116. The first-order valence-corrected chi connectivity index (χ1v) is 6.71. The second-order valence-electron chi connectivity index (χ2n) is 4.17. The summed E-state index contributed by atoms with van der Waals surface area (Å²) in [5.41, 5.74) is 7.12. The number of nitrogens with two attached hydrogens (primary N) is 1. The molecule has 0 radical (unpaired) electrons. The lowest BCUT2D eigenvalue weighted by Crippen LogP contribution is -2.19. The number of anilines is 2. The molecule has 104 valence electrons. The predicted octanol–water partition coefficient (Wildman–Crippen LogP) is 0.980. The van der Waals surface area contributed by atoms with Crippen LogP contribution in [-0.2, 0) is 11.3 Å². The van der Waals surface area contributed by atoms with E-state index in [1.54, 1.807) is 24.3 Å². The van der Waals surface area contributed by atoms with Gasteiger partial charge in [0.2, 0.25) is 5.91 Å². The summed E-state index contributed by atoms with van der Waals surface area (Å²) < 4.78 is 2.19. The van der Waals surface area contributed by atoms with Crippen LogP contribution in [0.15, 0.2) is 24.5 Å². The van der Waals surface area contributed by atoms with Crippen LogP contribution in [0.3, 0.4) is 0 Å². The van der Waals surface area contributed by atoms with Gasteiger partial charge in [0, 0.05) is 5.69 Å². The van der Waals surface area contributed by atoms with E-state index in [2.05, 4.69) is 20.4 Å². The summed E-state index contributed by atoms with van der Waals surface area (Å²) in [6.07, 6.45) is 1.33. The van der Waals surface area contributed by atoms with E-state index in [9.17, 15) is 4.79 Å². The van der Waals surface area contributed by atoms with Gasteiger partial charge < -0.3 is 11.1 Å². The molecule has 1 aromatic carbocycles. The van der Waals surface area contributed by atoms with Crippen molar-refractivity contribution in [1.82, 2.24) is 19.7 Å². The molecule has 3 aromatic rings. The van der Waals surface area contributed by atoms with Gasteiger partial charge >= 0.3 is 0 Å². The minimum Gasteiger partial charge on any atom is -0.399 e. The van der Waals surface area contributed by atoms with Gasteiger partial charge in [-0.2, -0.15) is 5.26 Å². The van der Waals surface area contributed by atoms with E-state index in [1.165, 1.54) is 22.3 Å². The van der Waals surface area contributed by atoms with E-state index in [4.69, 9.17) is 11.0 Å². The van der Waals surface area contributed by atoms with Crippen LogP contribution in [0.5, 0.6) is 0 Å². The number of amides is 1. The number of nitrogen functional groups attached to an aromatic ring is 1. The summed E-state index contributed by atoms with van der Waals surface area (Å²) in [5.74, 6) is -0.269. The van der Waals surface area contributed by atoms with Gasteiger partial charge in [-0.3, -0.25) is 4.79 Å².